The molecule has 2 aliphatic rings. The van der Waals surface area contributed by atoms with Crippen molar-refractivity contribution in [1.29, 1.82) is 0 Å². The second kappa shape index (κ2) is 2.65. The van der Waals surface area contributed by atoms with Gasteiger partial charge in [-0.1, -0.05) is 22.4 Å². The van der Waals surface area contributed by atoms with Gasteiger partial charge in [0.05, 0.1) is 5.41 Å². The third-order valence-electron chi connectivity index (χ3n) is 3.70. The van der Waals surface area contributed by atoms with E-state index >= 15 is 0 Å². The van der Waals surface area contributed by atoms with E-state index in [1.807, 2.05) is 0 Å². The minimum absolute atomic E-state index is 0.0747. The molecule has 0 N–H and O–H groups in total. The molecular formula is C9H12BrF3. The summed E-state index contributed by atoms with van der Waals surface area (Å²) in [6, 6.07) is 0. The quantitative estimate of drug-likeness (QED) is 0.625. The maximum absolute atomic E-state index is 12.6. The standard InChI is InChI=1S/C9H12BrF3/c10-6-8(9(11,12)13)4-7(5-8)2-1-3-7/h1-6H2. The molecule has 76 valence electrons. The molecular weight excluding hydrogens is 245 g/mol. The van der Waals surface area contributed by atoms with E-state index in [-0.39, 0.29) is 10.7 Å². The number of hydrogen-bond acceptors (Lipinski definition) is 0. The lowest BCUT2D eigenvalue weighted by Crippen LogP contribution is -2.58. The van der Waals surface area contributed by atoms with Gasteiger partial charge in [-0.15, -0.1) is 0 Å². The Kier molecular flexibility index (Phi) is 2.00. The molecule has 13 heavy (non-hydrogen) atoms. The van der Waals surface area contributed by atoms with E-state index in [2.05, 4.69) is 15.9 Å². The van der Waals surface area contributed by atoms with Crippen molar-refractivity contribution in [3.8, 4) is 0 Å². The minimum atomic E-state index is -4.02. The number of rotatable bonds is 1. The van der Waals surface area contributed by atoms with Crippen LogP contribution in [0.5, 0.6) is 0 Å². The molecule has 0 aromatic rings. The maximum atomic E-state index is 12.6. The summed E-state index contributed by atoms with van der Waals surface area (Å²) in [6.07, 6.45) is -0.160. The van der Waals surface area contributed by atoms with Crippen LogP contribution < -0.4 is 0 Å². The fourth-order valence-electron chi connectivity index (χ4n) is 2.78. The Morgan fingerprint density at radius 3 is 1.92 bits per heavy atom. The summed E-state index contributed by atoms with van der Waals surface area (Å²) in [5.74, 6) is 0. The Morgan fingerprint density at radius 2 is 1.69 bits per heavy atom. The van der Waals surface area contributed by atoms with Crippen LogP contribution in [0.15, 0.2) is 0 Å². The second-order valence-electron chi connectivity index (χ2n) is 4.62. The van der Waals surface area contributed by atoms with Gasteiger partial charge in [-0.2, -0.15) is 13.2 Å². The summed E-state index contributed by atoms with van der Waals surface area (Å²) < 4.78 is 37.9. The monoisotopic (exact) mass is 256 g/mol. The van der Waals surface area contributed by atoms with Crippen LogP contribution in [0.1, 0.15) is 32.1 Å². The third-order valence-corrected chi connectivity index (χ3v) is 4.77. The molecule has 4 heteroatoms. The van der Waals surface area contributed by atoms with Gasteiger partial charge in [-0.05, 0) is 31.1 Å². The first-order chi connectivity index (χ1) is 5.93. The van der Waals surface area contributed by atoms with Crippen molar-refractivity contribution in [3.63, 3.8) is 0 Å². The van der Waals surface area contributed by atoms with Gasteiger partial charge in [0.2, 0.25) is 0 Å². The van der Waals surface area contributed by atoms with Gasteiger partial charge < -0.3 is 0 Å². The molecule has 0 amide bonds. The van der Waals surface area contributed by atoms with E-state index in [1.54, 1.807) is 0 Å². The Hall–Kier alpha value is 0.270. The number of hydrogen-bond donors (Lipinski definition) is 0. The van der Waals surface area contributed by atoms with Gasteiger partial charge >= 0.3 is 6.18 Å². The van der Waals surface area contributed by atoms with Gasteiger partial charge in [0.25, 0.3) is 0 Å². The number of alkyl halides is 4. The molecule has 0 unspecified atom stereocenters. The van der Waals surface area contributed by atoms with Crippen LogP contribution >= 0.6 is 15.9 Å². The fraction of sp³-hybridized carbons (Fsp3) is 1.00. The van der Waals surface area contributed by atoms with Crippen molar-refractivity contribution >= 4 is 15.9 Å². The van der Waals surface area contributed by atoms with Crippen LogP contribution in [0.2, 0.25) is 0 Å². The van der Waals surface area contributed by atoms with Gasteiger partial charge in [0.15, 0.2) is 0 Å². The highest BCUT2D eigenvalue weighted by Gasteiger charge is 2.67. The van der Waals surface area contributed by atoms with E-state index in [0.717, 1.165) is 19.3 Å². The molecule has 0 atom stereocenters. The molecule has 0 radical (unpaired) electrons. The first-order valence-corrected chi connectivity index (χ1v) is 5.68. The van der Waals surface area contributed by atoms with Crippen LogP contribution in [0.4, 0.5) is 13.2 Å². The van der Waals surface area contributed by atoms with E-state index in [4.69, 9.17) is 0 Å². The zero-order valence-electron chi connectivity index (χ0n) is 7.25. The van der Waals surface area contributed by atoms with Gasteiger partial charge in [0.1, 0.15) is 0 Å². The Bertz CT molecular complexity index is 209. The Labute approximate surface area is 84.0 Å². The predicted molar refractivity (Wildman–Crippen MR) is 47.8 cm³/mol. The van der Waals surface area contributed by atoms with Crippen molar-refractivity contribution in [3.05, 3.63) is 0 Å². The molecule has 0 aromatic carbocycles. The molecule has 0 aromatic heterocycles. The van der Waals surface area contributed by atoms with Crippen LogP contribution in [0.3, 0.4) is 0 Å². The van der Waals surface area contributed by atoms with E-state index in [1.165, 1.54) is 0 Å². The molecule has 2 fully saturated rings. The first kappa shape index (κ1) is 9.81. The lowest BCUT2D eigenvalue weighted by molar-refractivity contribution is -0.283. The highest BCUT2D eigenvalue weighted by Crippen LogP contribution is 2.69. The minimum Gasteiger partial charge on any atom is -0.170 e. The second-order valence-corrected chi connectivity index (χ2v) is 5.18. The van der Waals surface area contributed by atoms with Gasteiger partial charge in [-0.3, -0.25) is 0 Å². The van der Waals surface area contributed by atoms with Gasteiger partial charge in [0, 0.05) is 5.33 Å². The Morgan fingerprint density at radius 1 is 1.15 bits per heavy atom. The average molecular weight is 257 g/mol. The van der Waals surface area contributed by atoms with Gasteiger partial charge in [-0.25, -0.2) is 0 Å². The summed E-state index contributed by atoms with van der Waals surface area (Å²) in [4.78, 5) is 0. The maximum Gasteiger partial charge on any atom is 0.395 e. The summed E-state index contributed by atoms with van der Waals surface area (Å²) in [5, 5.41) is 0.0747. The zero-order chi connectivity index (χ0) is 9.74. The first-order valence-electron chi connectivity index (χ1n) is 4.56. The number of halogens is 4. The average Bonchev–Trinajstić information content (AvgIpc) is 1.79. The van der Waals surface area contributed by atoms with Crippen LogP contribution in [0.25, 0.3) is 0 Å². The highest BCUT2D eigenvalue weighted by atomic mass is 79.9. The molecule has 0 saturated heterocycles. The molecule has 2 rings (SSSR count). The SMILES string of the molecule is FC(F)(F)C1(CBr)CC2(CCC2)C1. The summed E-state index contributed by atoms with van der Waals surface area (Å²) in [5.41, 5.74) is -1.31. The molecule has 0 nitrogen and oxygen atoms in total. The van der Waals surface area contributed by atoms with Crippen molar-refractivity contribution in [1.82, 2.24) is 0 Å². The Balaban J connectivity index is 2.06. The summed E-state index contributed by atoms with van der Waals surface area (Å²) in [7, 11) is 0. The molecule has 2 aliphatic carbocycles. The van der Waals surface area contributed by atoms with E-state index < -0.39 is 11.6 Å². The highest BCUT2D eigenvalue weighted by molar-refractivity contribution is 9.09. The summed E-state index contributed by atoms with van der Waals surface area (Å²) in [6.45, 7) is 0. The van der Waals surface area contributed by atoms with E-state index in [0.29, 0.717) is 12.8 Å². The van der Waals surface area contributed by atoms with Crippen LogP contribution in [-0.4, -0.2) is 11.5 Å². The third kappa shape index (κ3) is 1.24. The molecule has 0 bridgehead atoms. The topological polar surface area (TPSA) is 0 Å². The van der Waals surface area contributed by atoms with Crippen LogP contribution in [0, 0.1) is 10.8 Å². The van der Waals surface area contributed by atoms with Crippen molar-refractivity contribution in [2.75, 3.05) is 5.33 Å². The molecule has 2 saturated carbocycles. The zero-order valence-corrected chi connectivity index (χ0v) is 8.84. The summed E-state index contributed by atoms with van der Waals surface area (Å²) >= 11 is 3.00. The van der Waals surface area contributed by atoms with Crippen molar-refractivity contribution in [2.45, 2.75) is 38.3 Å². The lowest BCUT2D eigenvalue weighted by atomic mass is 9.45. The smallest absolute Gasteiger partial charge is 0.170 e. The predicted octanol–water partition coefficient (Wildman–Crippen LogP) is 3.89. The fourth-order valence-corrected chi connectivity index (χ4v) is 3.50. The van der Waals surface area contributed by atoms with E-state index in [9.17, 15) is 13.2 Å². The lowest BCUT2D eigenvalue weighted by Gasteiger charge is -2.61. The molecule has 0 heterocycles. The van der Waals surface area contributed by atoms with Crippen molar-refractivity contribution < 1.29 is 13.2 Å². The normalized spacial score (nSPS) is 29.5. The largest absolute Gasteiger partial charge is 0.395 e. The van der Waals surface area contributed by atoms with Crippen molar-refractivity contribution in [2.24, 2.45) is 10.8 Å². The molecule has 1 spiro atoms. The van der Waals surface area contributed by atoms with Crippen LogP contribution in [-0.2, 0) is 0 Å². The molecule has 0 aliphatic heterocycles.